The lowest BCUT2D eigenvalue weighted by atomic mass is 10.0. The van der Waals surface area contributed by atoms with E-state index >= 15 is 0 Å². The maximum atomic E-state index is 10.2. The minimum Gasteiger partial charge on any atom is -0.303 e. The first-order valence-corrected chi connectivity index (χ1v) is 13.5. The van der Waals surface area contributed by atoms with Crippen molar-refractivity contribution >= 4 is 6.29 Å². The van der Waals surface area contributed by atoms with Gasteiger partial charge in [0.15, 0.2) is 0 Å². The van der Waals surface area contributed by atoms with Gasteiger partial charge in [0.2, 0.25) is 0 Å². The number of rotatable bonds is 25. The van der Waals surface area contributed by atoms with Gasteiger partial charge >= 0.3 is 0 Å². The molecule has 0 aromatic rings. The normalized spacial score (nSPS) is 11.5. The molecule has 0 rings (SSSR count). The lowest BCUT2D eigenvalue weighted by Gasteiger charge is -2.04. The van der Waals surface area contributed by atoms with Crippen LogP contribution in [0.5, 0.6) is 0 Å². The van der Waals surface area contributed by atoms with Crippen LogP contribution in [0.4, 0.5) is 0 Å². The lowest BCUT2D eigenvalue weighted by molar-refractivity contribution is -0.107. The van der Waals surface area contributed by atoms with Gasteiger partial charge in [-0.25, -0.2) is 0 Å². The smallest absolute Gasteiger partial charge is 0.120 e. The molecule has 0 saturated heterocycles. The van der Waals surface area contributed by atoms with Crippen molar-refractivity contribution in [2.75, 3.05) is 0 Å². The van der Waals surface area contributed by atoms with E-state index < -0.39 is 0 Å². The van der Waals surface area contributed by atoms with Gasteiger partial charge in [-0.15, -0.1) is 0 Å². The Morgan fingerprint density at radius 1 is 0.379 bits per heavy atom. The second-order valence-electron chi connectivity index (χ2n) is 9.08. The number of allylic oxidation sites excluding steroid dienone is 2. The molecule has 0 aromatic carbocycles. The maximum absolute atomic E-state index is 10.2. The molecule has 172 valence electrons. The number of carbonyl (C=O) groups is 1. The Balaban J connectivity index is 3.02. The van der Waals surface area contributed by atoms with Crippen LogP contribution in [-0.2, 0) is 4.79 Å². The second-order valence-corrected chi connectivity index (χ2v) is 9.08. The Labute approximate surface area is 184 Å². The predicted molar refractivity (Wildman–Crippen MR) is 132 cm³/mol. The quantitative estimate of drug-likeness (QED) is 0.0837. The Kier molecular flexibility index (Phi) is 26.9. The van der Waals surface area contributed by atoms with Crippen LogP contribution in [0.3, 0.4) is 0 Å². The van der Waals surface area contributed by atoms with Gasteiger partial charge in [-0.3, -0.25) is 0 Å². The van der Waals surface area contributed by atoms with Gasteiger partial charge in [0.05, 0.1) is 0 Å². The molecular weight excluding hydrogens is 352 g/mol. The summed E-state index contributed by atoms with van der Waals surface area (Å²) >= 11 is 0. The van der Waals surface area contributed by atoms with Gasteiger partial charge < -0.3 is 4.79 Å². The molecule has 0 N–H and O–H groups in total. The summed E-state index contributed by atoms with van der Waals surface area (Å²) in [5.74, 6) is 0. The van der Waals surface area contributed by atoms with Crippen molar-refractivity contribution in [1.82, 2.24) is 0 Å². The molecule has 0 unspecified atom stereocenters. The highest BCUT2D eigenvalue weighted by atomic mass is 16.1. The fourth-order valence-corrected chi connectivity index (χ4v) is 4.07. The monoisotopic (exact) mass is 406 g/mol. The standard InChI is InChI=1S/C28H54O/c1-2-3-4-5-6-7-8-9-10-11-12-13-14-15-16-17-18-19-20-21-22-23-24-25-26-27-28-29/h23-24,28H,2-22,25-27H2,1H3/b24-23+. The Bertz CT molecular complexity index is 320. The predicted octanol–water partition coefficient (Wildman–Crippen LogP) is 10.1. The van der Waals surface area contributed by atoms with E-state index in [0.29, 0.717) is 6.42 Å². The molecule has 0 aliphatic rings. The van der Waals surface area contributed by atoms with Crippen LogP contribution >= 0.6 is 0 Å². The van der Waals surface area contributed by atoms with Crippen molar-refractivity contribution < 1.29 is 4.79 Å². The van der Waals surface area contributed by atoms with E-state index in [1.807, 2.05) is 0 Å². The highest BCUT2D eigenvalue weighted by Crippen LogP contribution is 2.15. The summed E-state index contributed by atoms with van der Waals surface area (Å²) in [6, 6.07) is 0. The van der Waals surface area contributed by atoms with Crippen LogP contribution in [-0.4, -0.2) is 6.29 Å². The van der Waals surface area contributed by atoms with E-state index in [0.717, 1.165) is 19.1 Å². The molecule has 1 nitrogen and oxygen atoms in total. The van der Waals surface area contributed by atoms with Crippen molar-refractivity contribution in [3.05, 3.63) is 12.2 Å². The van der Waals surface area contributed by atoms with E-state index in [-0.39, 0.29) is 0 Å². The summed E-state index contributed by atoms with van der Waals surface area (Å²) in [6.45, 7) is 2.30. The van der Waals surface area contributed by atoms with E-state index in [1.165, 1.54) is 135 Å². The lowest BCUT2D eigenvalue weighted by Crippen LogP contribution is -1.84. The van der Waals surface area contributed by atoms with Crippen LogP contribution in [0.25, 0.3) is 0 Å². The molecule has 0 aromatic heterocycles. The molecule has 0 radical (unpaired) electrons. The molecule has 0 fully saturated rings. The van der Waals surface area contributed by atoms with E-state index in [2.05, 4.69) is 19.1 Å². The van der Waals surface area contributed by atoms with Crippen molar-refractivity contribution in [3.8, 4) is 0 Å². The van der Waals surface area contributed by atoms with Crippen molar-refractivity contribution in [2.45, 2.75) is 161 Å². The van der Waals surface area contributed by atoms with Crippen molar-refractivity contribution in [3.63, 3.8) is 0 Å². The average Bonchev–Trinajstić information content (AvgIpc) is 2.74. The SMILES string of the molecule is CCCCCCCCCCCCCCCCCCCCCC/C=C/CCCC=O. The van der Waals surface area contributed by atoms with Gasteiger partial charge in [-0.1, -0.05) is 141 Å². The molecule has 0 saturated carbocycles. The third-order valence-corrected chi connectivity index (χ3v) is 6.08. The van der Waals surface area contributed by atoms with Crippen LogP contribution < -0.4 is 0 Å². The number of hydrogen-bond acceptors (Lipinski definition) is 1. The molecule has 0 aliphatic heterocycles. The molecule has 1 heteroatoms. The average molecular weight is 407 g/mol. The first-order chi connectivity index (χ1) is 14.4. The summed E-state index contributed by atoms with van der Waals surface area (Å²) < 4.78 is 0. The number of aldehydes is 1. The molecule has 0 spiro atoms. The van der Waals surface area contributed by atoms with Crippen molar-refractivity contribution in [1.29, 1.82) is 0 Å². The summed E-state index contributed by atoms with van der Waals surface area (Å²) in [4.78, 5) is 10.2. The molecule has 0 atom stereocenters. The number of carbonyl (C=O) groups excluding carboxylic acids is 1. The molecule has 29 heavy (non-hydrogen) atoms. The van der Waals surface area contributed by atoms with Gasteiger partial charge in [0.1, 0.15) is 6.29 Å². The fraction of sp³-hybridized carbons (Fsp3) is 0.893. The highest BCUT2D eigenvalue weighted by Gasteiger charge is 1.95. The topological polar surface area (TPSA) is 17.1 Å². The van der Waals surface area contributed by atoms with Gasteiger partial charge in [-0.05, 0) is 25.7 Å². The van der Waals surface area contributed by atoms with E-state index in [9.17, 15) is 4.79 Å². The van der Waals surface area contributed by atoms with Crippen LogP contribution in [0.1, 0.15) is 161 Å². The number of hydrogen-bond donors (Lipinski definition) is 0. The third kappa shape index (κ3) is 27.4. The molecule has 0 bridgehead atoms. The van der Waals surface area contributed by atoms with Crippen LogP contribution in [0.2, 0.25) is 0 Å². The van der Waals surface area contributed by atoms with Crippen LogP contribution in [0, 0.1) is 0 Å². The summed E-state index contributed by atoms with van der Waals surface area (Å²) in [5.41, 5.74) is 0. The first kappa shape index (κ1) is 28.4. The Hall–Kier alpha value is -0.590. The highest BCUT2D eigenvalue weighted by molar-refractivity contribution is 5.48. The fourth-order valence-electron chi connectivity index (χ4n) is 4.07. The molecule has 0 aliphatic carbocycles. The van der Waals surface area contributed by atoms with Gasteiger partial charge in [0, 0.05) is 6.42 Å². The molecule has 0 amide bonds. The summed E-state index contributed by atoms with van der Waals surface area (Å²) in [6.07, 6.45) is 38.5. The van der Waals surface area contributed by atoms with Crippen molar-refractivity contribution in [2.24, 2.45) is 0 Å². The second kappa shape index (κ2) is 27.4. The minimum atomic E-state index is 0.712. The largest absolute Gasteiger partial charge is 0.303 e. The van der Waals surface area contributed by atoms with E-state index in [1.54, 1.807) is 0 Å². The Morgan fingerprint density at radius 2 is 0.690 bits per heavy atom. The summed E-state index contributed by atoms with van der Waals surface area (Å²) in [7, 11) is 0. The zero-order chi connectivity index (χ0) is 21.1. The first-order valence-electron chi connectivity index (χ1n) is 13.5. The molecular formula is C28H54O. The summed E-state index contributed by atoms with van der Waals surface area (Å²) in [5, 5.41) is 0. The van der Waals surface area contributed by atoms with Crippen LogP contribution in [0.15, 0.2) is 12.2 Å². The number of unbranched alkanes of at least 4 members (excludes halogenated alkanes) is 22. The maximum Gasteiger partial charge on any atom is 0.120 e. The zero-order valence-corrected chi connectivity index (χ0v) is 20.1. The van der Waals surface area contributed by atoms with Gasteiger partial charge in [-0.2, -0.15) is 0 Å². The third-order valence-electron chi connectivity index (χ3n) is 6.08. The minimum absolute atomic E-state index is 0.712. The Morgan fingerprint density at radius 3 is 1.03 bits per heavy atom. The zero-order valence-electron chi connectivity index (χ0n) is 20.1. The van der Waals surface area contributed by atoms with Gasteiger partial charge in [0.25, 0.3) is 0 Å². The molecule has 0 heterocycles. The van der Waals surface area contributed by atoms with E-state index in [4.69, 9.17) is 0 Å².